The highest BCUT2D eigenvalue weighted by Crippen LogP contribution is 2.45. The van der Waals surface area contributed by atoms with Gasteiger partial charge in [-0.25, -0.2) is 0 Å². The molecule has 3 aliphatic rings. The first-order valence-electron chi connectivity index (χ1n) is 4.46. The van der Waals surface area contributed by atoms with Crippen LogP contribution in [0.25, 0.3) is 0 Å². The van der Waals surface area contributed by atoms with Gasteiger partial charge >= 0.3 is 0 Å². The molecule has 2 bridgehead atoms. The maximum atomic E-state index is 5.87. The van der Waals surface area contributed by atoms with Gasteiger partial charge in [0.25, 0.3) is 0 Å². The lowest BCUT2D eigenvalue weighted by atomic mass is 9.65. The van der Waals surface area contributed by atoms with Crippen LogP contribution >= 0.6 is 11.6 Å². The van der Waals surface area contributed by atoms with E-state index in [2.05, 4.69) is 0 Å². The van der Waals surface area contributed by atoms with E-state index in [1.807, 2.05) is 0 Å². The first-order valence-corrected chi connectivity index (χ1v) is 4.99. The van der Waals surface area contributed by atoms with Gasteiger partial charge in [0.1, 0.15) is 0 Å². The Kier molecular flexibility index (Phi) is 1.90. The van der Waals surface area contributed by atoms with Crippen LogP contribution in [0.15, 0.2) is 0 Å². The zero-order valence-electron chi connectivity index (χ0n) is 6.35. The van der Waals surface area contributed by atoms with E-state index in [1.165, 1.54) is 32.1 Å². The lowest BCUT2D eigenvalue weighted by Crippen LogP contribution is -2.31. The Bertz CT molecular complexity index is 114. The van der Waals surface area contributed by atoms with Gasteiger partial charge in [0.05, 0.1) is 0 Å². The van der Waals surface area contributed by atoms with Crippen LogP contribution in [0.2, 0.25) is 0 Å². The summed E-state index contributed by atoms with van der Waals surface area (Å²) in [6, 6.07) is 0. The molecule has 10 heavy (non-hydrogen) atoms. The monoisotopic (exact) mass is 158 g/mol. The molecule has 58 valence electrons. The second kappa shape index (κ2) is 2.73. The Balaban J connectivity index is 2.01. The van der Waals surface area contributed by atoms with Crippen LogP contribution in [0.5, 0.6) is 0 Å². The van der Waals surface area contributed by atoms with E-state index in [4.69, 9.17) is 11.6 Å². The van der Waals surface area contributed by atoms with Gasteiger partial charge in [-0.3, -0.25) is 0 Å². The number of alkyl halides is 1. The van der Waals surface area contributed by atoms with Crippen molar-refractivity contribution >= 4 is 11.6 Å². The van der Waals surface area contributed by atoms with Crippen LogP contribution in [-0.2, 0) is 0 Å². The normalized spacial score (nSPS) is 45.9. The van der Waals surface area contributed by atoms with Crippen LogP contribution in [0, 0.1) is 17.8 Å². The SMILES string of the molecule is ClCC1CC2CCC1CC2. The summed E-state index contributed by atoms with van der Waals surface area (Å²) in [6.07, 6.45) is 7.38. The summed E-state index contributed by atoms with van der Waals surface area (Å²) in [4.78, 5) is 0. The lowest BCUT2D eigenvalue weighted by Gasteiger charge is -2.41. The quantitative estimate of drug-likeness (QED) is 0.515. The van der Waals surface area contributed by atoms with Gasteiger partial charge in [0.2, 0.25) is 0 Å². The average Bonchev–Trinajstić information content (AvgIpc) is 2.06. The van der Waals surface area contributed by atoms with Gasteiger partial charge in [-0.1, -0.05) is 12.8 Å². The van der Waals surface area contributed by atoms with E-state index in [0.29, 0.717) is 0 Å². The molecule has 0 aliphatic heterocycles. The molecule has 0 amide bonds. The van der Waals surface area contributed by atoms with Gasteiger partial charge in [0.15, 0.2) is 0 Å². The highest BCUT2D eigenvalue weighted by Gasteiger charge is 2.34. The predicted octanol–water partition coefficient (Wildman–Crippen LogP) is 3.05. The molecule has 3 fully saturated rings. The molecule has 0 aromatic rings. The van der Waals surface area contributed by atoms with Crippen molar-refractivity contribution in [1.29, 1.82) is 0 Å². The van der Waals surface area contributed by atoms with Crippen molar-refractivity contribution in [2.75, 3.05) is 5.88 Å². The van der Waals surface area contributed by atoms with E-state index in [0.717, 1.165) is 23.6 Å². The molecule has 1 unspecified atom stereocenters. The van der Waals surface area contributed by atoms with Crippen LogP contribution < -0.4 is 0 Å². The van der Waals surface area contributed by atoms with Gasteiger partial charge < -0.3 is 0 Å². The third kappa shape index (κ3) is 1.07. The van der Waals surface area contributed by atoms with Crippen LogP contribution in [0.3, 0.4) is 0 Å². The van der Waals surface area contributed by atoms with Crippen molar-refractivity contribution < 1.29 is 0 Å². The predicted molar refractivity (Wildman–Crippen MR) is 44.3 cm³/mol. The molecule has 1 heteroatoms. The summed E-state index contributed by atoms with van der Waals surface area (Å²) in [5.41, 5.74) is 0. The second-order valence-electron chi connectivity index (χ2n) is 3.93. The third-order valence-corrected chi connectivity index (χ3v) is 3.79. The molecular weight excluding hydrogens is 144 g/mol. The average molecular weight is 159 g/mol. The lowest BCUT2D eigenvalue weighted by molar-refractivity contribution is 0.113. The van der Waals surface area contributed by atoms with Gasteiger partial charge in [0, 0.05) is 5.88 Å². The summed E-state index contributed by atoms with van der Waals surface area (Å²) in [7, 11) is 0. The first-order chi connectivity index (χ1) is 4.90. The molecule has 0 saturated heterocycles. The topological polar surface area (TPSA) is 0 Å². The van der Waals surface area contributed by atoms with Gasteiger partial charge in [-0.15, -0.1) is 11.6 Å². The minimum absolute atomic E-state index is 0.883. The molecule has 0 heterocycles. The highest BCUT2D eigenvalue weighted by molar-refractivity contribution is 6.18. The zero-order valence-corrected chi connectivity index (χ0v) is 7.11. The number of fused-ring (bicyclic) bond motifs is 3. The maximum Gasteiger partial charge on any atom is 0.0254 e. The Morgan fingerprint density at radius 3 is 2.10 bits per heavy atom. The largest absolute Gasteiger partial charge is 0.126 e. The first kappa shape index (κ1) is 6.97. The molecule has 0 spiro atoms. The van der Waals surface area contributed by atoms with Crippen LogP contribution in [-0.4, -0.2) is 5.88 Å². The van der Waals surface area contributed by atoms with Crippen LogP contribution in [0.1, 0.15) is 32.1 Å². The Morgan fingerprint density at radius 1 is 1.10 bits per heavy atom. The molecule has 1 atom stereocenters. The van der Waals surface area contributed by atoms with Crippen molar-refractivity contribution in [2.24, 2.45) is 17.8 Å². The number of hydrogen-bond donors (Lipinski definition) is 0. The van der Waals surface area contributed by atoms with Crippen molar-refractivity contribution in [3.8, 4) is 0 Å². The summed E-state index contributed by atoms with van der Waals surface area (Å²) < 4.78 is 0. The highest BCUT2D eigenvalue weighted by atomic mass is 35.5. The molecule has 3 saturated carbocycles. The summed E-state index contributed by atoms with van der Waals surface area (Å²) in [5.74, 6) is 3.85. The number of rotatable bonds is 1. The third-order valence-electron chi connectivity index (χ3n) is 3.39. The molecule has 0 radical (unpaired) electrons. The molecule has 3 aliphatic carbocycles. The molecule has 0 aromatic carbocycles. The van der Waals surface area contributed by atoms with Crippen LogP contribution in [0.4, 0.5) is 0 Å². The minimum atomic E-state index is 0.883. The maximum absolute atomic E-state index is 5.87. The fourth-order valence-corrected chi connectivity index (χ4v) is 3.08. The Labute approximate surface area is 68.0 Å². The van der Waals surface area contributed by atoms with Crippen molar-refractivity contribution in [1.82, 2.24) is 0 Å². The summed E-state index contributed by atoms with van der Waals surface area (Å²) >= 11 is 5.87. The van der Waals surface area contributed by atoms with Crippen molar-refractivity contribution in [3.63, 3.8) is 0 Å². The summed E-state index contributed by atoms with van der Waals surface area (Å²) in [6.45, 7) is 0. The summed E-state index contributed by atoms with van der Waals surface area (Å²) in [5, 5.41) is 0. The Hall–Kier alpha value is 0.290. The minimum Gasteiger partial charge on any atom is -0.126 e. The zero-order chi connectivity index (χ0) is 6.97. The fraction of sp³-hybridized carbons (Fsp3) is 1.00. The molecule has 0 nitrogen and oxygen atoms in total. The molecule has 0 aromatic heterocycles. The van der Waals surface area contributed by atoms with E-state index in [1.54, 1.807) is 0 Å². The fourth-order valence-electron chi connectivity index (χ4n) is 2.70. The van der Waals surface area contributed by atoms with Crippen molar-refractivity contribution in [3.05, 3.63) is 0 Å². The van der Waals surface area contributed by atoms with E-state index >= 15 is 0 Å². The van der Waals surface area contributed by atoms with E-state index in [9.17, 15) is 0 Å². The van der Waals surface area contributed by atoms with E-state index < -0.39 is 0 Å². The number of halogens is 1. The van der Waals surface area contributed by atoms with Crippen molar-refractivity contribution in [2.45, 2.75) is 32.1 Å². The second-order valence-corrected chi connectivity index (χ2v) is 4.24. The molecular formula is C9H15Cl. The smallest absolute Gasteiger partial charge is 0.0254 e. The standard InChI is InChI=1S/C9H15Cl/c10-6-9-5-7-1-3-8(9)4-2-7/h7-9H,1-6H2. The van der Waals surface area contributed by atoms with Gasteiger partial charge in [-0.2, -0.15) is 0 Å². The number of hydrogen-bond acceptors (Lipinski definition) is 0. The Morgan fingerprint density at radius 2 is 1.80 bits per heavy atom. The molecule has 0 N–H and O–H groups in total. The van der Waals surface area contributed by atoms with Gasteiger partial charge in [-0.05, 0) is 37.0 Å². The molecule has 3 rings (SSSR count). The van der Waals surface area contributed by atoms with E-state index in [-0.39, 0.29) is 0 Å².